The van der Waals surface area contributed by atoms with Gasteiger partial charge < -0.3 is 52.8 Å². The number of rotatable bonds is 29. The quantitative estimate of drug-likeness (QED) is 0.0348. The number of imide groups is 1. The van der Waals surface area contributed by atoms with Gasteiger partial charge in [0.2, 0.25) is 11.6 Å². The number of aromatic nitrogens is 4. The molecular formula is C62H76N6O16. The van der Waals surface area contributed by atoms with Gasteiger partial charge in [-0.1, -0.05) is 38.0 Å². The minimum atomic E-state index is -1.34. The van der Waals surface area contributed by atoms with Gasteiger partial charge in [-0.2, -0.15) is 0 Å². The summed E-state index contributed by atoms with van der Waals surface area (Å²) in [5.41, 5.74) is 0.279. The summed E-state index contributed by atoms with van der Waals surface area (Å²) in [4.78, 5) is 86.2. The number of nitrogens with one attached hydrogen (secondary N) is 1. The first-order valence-electron chi connectivity index (χ1n) is 28.0. The number of ketones is 1. The van der Waals surface area contributed by atoms with E-state index < -0.39 is 77.2 Å². The molecule has 1 saturated heterocycles. The number of carbonyl (C=O) groups is 6. The van der Waals surface area contributed by atoms with Crippen LogP contribution < -0.4 is 38.5 Å². The first-order valence-corrected chi connectivity index (χ1v) is 28.0. The second-order valence-electron chi connectivity index (χ2n) is 21.8. The molecule has 0 radical (unpaired) electrons. The first-order chi connectivity index (χ1) is 40.2. The lowest BCUT2D eigenvalue weighted by Gasteiger charge is -2.37. The van der Waals surface area contributed by atoms with Crippen LogP contribution in [0.1, 0.15) is 121 Å². The van der Waals surface area contributed by atoms with Crippen LogP contribution >= 0.6 is 0 Å². The van der Waals surface area contributed by atoms with Gasteiger partial charge in [0, 0.05) is 30.2 Å². The van der Waals surface area contributed by atoms with Crippen LogP contribution in [0.25, 0.3) is 11.4 Å². The number of benzene rings is 4. The summed E-state index contributed by atoms with van der Waals surface area (Å²) in [6.45, 7) is 9.42. The van der Waals surface area contributed by atoms with Crippen LogP contribution in [0.3, 0.4) is 0 Å². The number of ether oxygens (including phenoxy) is 9. The molecule has 1 aromatic heterocycles. The number of nitrogens with zero attached hydrogens (tertiary/aromatic N) is 5. The standard InChI is InChI=1S/C62H76N6O16/c1-12-44(41-32-50(77-9)57(79-11)51(33-41)78-10)56(72)45-18-13-14-19-46(45)59(73)83-47(26-20-38-21-27-48(75-7)49(30-38)76-8)40-16-15-17-43(31-40)80-35-53(69)63-34-52(82-42-24-22-39(23-25-42)58-66-64-37(2)65-67-58)62(5,6)81-36-61(3,4)60(74)84-68-54(70)28-29-55(68)71/h15-17,21-25,27,30-33,44-47,52H,12-14,18-20,26,28-29,34-36H2,1-11H3,(H,63,69)/t44-,45?,46+,47+,52?/m0/s1. The highest BCUT2D eigenvalue weighted by atomic mass is 16.7. The van der Waals surface area contributed by atoms with Gasteiger partial charge in [-0.3, -0.25) is 24.0 Å². The largest absolute Gasteiger partial charge is 0.493 e. The van der Waals surface area contributed by atoms with Crippen LogP contribution in [0.5, 0.6) is 40.2 Å². The van der Waals surface area contributed by atoms with E-state index in [4.69, 9.17) is 47.5 Å². The topological polar surface area (TPSA) is 262 Å². The Hall–Kier alpha value is -8.40. The number of aryl methyl sites for hydroxylation is 2. The fourth-order valence-corrected chi connectivity index (χ4v) is 10.0. The zero-order valence-electron chi connectivity index (χ0n) is 49.6. The van der Waals surface area contributed by atoms with Gasteiger partial charge in [0.15, 0.2) is 35.4 Å². The average Bonchev–Trinajstić information content (AvgIpc) is 3.90. The highest BCUT2D eigenvalue weighted by molar-refractivity contribution is 6.01. The van der Waals surface area contributed by atoms with Crippen LogP contribution in [0.2, 0.25) is 0 Å². The Morgan fingerprint density at radius 3 is 1.98 bits per heavy atom. The molecule has 5 atom stereocenters. The molecule has 2 heterocycles. The number of hydrogen-bond donors (Lipinski definition) is 1. The predicted octanol–water partition coefficient (Wildman–Crippen LogP) is 8.44. The molecule has 22 nitrogen and oxygen atoms in total. The average molecular weight is 1160 g/mol. The van der Waals surface area contributed by atoms with Gasteiger partial charge in [-0.15, -0.1) is 25.5 Å². The highest BCUT2D eigenvalue weighted by Gasteiger charge is 2.43. The third-order valence-corrected chi connectivity index (χ3v) is 15.0. The summed E-state index contributed by atoms with van der Waals surface area (Å²) in [5.74, 6) is -1.18. The van der Waals surface area contributed by atoms with Crippen molar-refractivity contribution in [2.45, 2.75) is 123 Å². The lowest BCUT2D eigenvalue weighted by atomic mass is 9.72. The Kier molecular flexibility index (Phi) is 21.6. The predicted molar refractivity (Wildman–Crippen MR) is 304 cm³/mol. The molecule has 0 bridgehead atoms. The van der Waals surface area contributed by atoms with E-state index in [2.05, 4.69) is 25.7 Å². The van der Waals surface area contributed by atoms with Crippen LogP contribution in [-0.4, -0.2) is 128 Å². The van der Waals surface area contributed by atoms with E-state index in [-0.39, 0.29) is 31.8 Å². The van der Waals surface area contributed by atoms with Crippen molar-refractivity contribution in [2.24, 2.45) is 17.3 Å². The van der Waals surface area contributed by atoms with E-state index in [1.54, 1.807) is 103 Å². The summed E-state index contributed by atoms with van der Waals surface area (Å²) in [5, 5.41) is 19.6. The molecule has 3 amide bonds. The summed E-state index contributed by atoms with van der Waals surface area (Å²) in [7, 11) is 7.69. The van der Waals surface area contributed by atoms with Gasteiger partial charge in [0.1, 0.15) is 35.1 Å². The van der Waals surface area contributed by atoms with E-state index in [1.165, 1.54) is 21.3 Å². The van der Waals surface area contributed by atoms with Crippen LogP contribution in [-0.2, 0) is 49.5 Å². The van der Waals surface area contributed by atoms with E-state index >= 15 is 0 Å². The monoisotopic (exact) mass is 1160 g/mol. The van der Waals surface area contributed by atoms with Gasteiger partial charge in [0.05, 0.1) is 60.0 Å². The van der Waals surface area contributed by atoms with Gasteiger partial charge in [0.25, 0.3) is 17.7 Å². The lowest BCUT2D eigenvalue weighted by molar-refractivity contribution is -0.208. The third-order valence-electron chi connectivity index (χ3n) is 15.0. The van der Waals surface area contributed by atoms with E-state index in [0.29, 0.717) is 106 Å². The Balaban J connectivity index is 1.07. The number of carbonyl (C=O) groups excluding carboxylic acids is 6. The van der Waals surface area contributed by atoms with E-state index in [9.17, 15) is 28.8 Å². The Morgan fingerprint density at radius 1 is 0.714 bits per heavy atom. The molecule has 84 heavy (non-hydrogen) atoms. The molecule has 2 aliphatic rings. The van der Waals surface area contributed by atoms with Crippen molar-refractivity contribution in [2.75, 3.05) is 55.3 Å². The van der Waals surface area contributed by atoms with Crippen molar-refractivity contribution in [1.82, 2.24) is 30.8 Å². The Labute approximate surface area is 489 Å². The normalized spacial score (nSPS) is 16.4. The van der Waals surface area contributed by atoms with Crippen molar-refractivity contribution < 1.29 is 76.2 Å². The molecule has 22 heteroatoms. The summed E-state index contributed by atoms with van der Waals surface area (Å²) in [6, 6.07) is 23.0. The zero-order valence-corrected chi connectivity index (χ0v) is 49.6. The zero-order chi connectivity index (χ0) is 60.7. The fourth-order valence-electron chi connectivity index (χ4n) is 10.0. The molecule has 1 aliphatic carbocycles. The Morgan fingerprint density at radius 2 is 1.36 bits per heavy atom. The van der Waals surface area contributed by atoms with Crippen molar-refractivity contribution in [1.29, 1.82) is 0 Å². The molecular weight excluding hydrogens is 1080 g/mol. The van der Waals surface area contributed by atoms with Gasteiger partial charge in [-0.25, -0.2) is 4.79 Å². The maximum Gasteiger partial charge on any atom is 0.341 e. The number of methoxy groups -OCH3 is 5. The Bertz CT molecular complexity index is 3080. The second kappa shape index (κ2) is 28.7. The number of hydrogen-bond acceptors (Lipinski definition) is 20. The molecule has 5 aromatic rings. The van der Waals surface area contributed by atoms with Crippen molar-refractivity contribution in [3.8, 4) is 51.6 Å². The molecule has 2 unspecified atom stereocenters. The number of hydroxylamine groups is 2. The third kappa shape index (κ3) is 15.8. The molecule has 1 saturated carbocycles. The number of amides is 3. The fraction of sp³-hybridized carbons (Fsp3) is 0.484. The molecule has 0 spiro atoms. The van der Waals surface area contributed by atoms with Crippen LogP contribution in [0, 0.1) is 24.2 Å². The van der Waals surface area contributed by atoms with Crippen LogP contribution in [0.15, 0.2) is 78.9 Å². The van der Waals surface area contributed by atoms with Crippen molar-refractivity contribution in [3.05, 3.63) is 101 Å². The first kappa shape index (κ1) is 63.2. The second-order valence-corrected chi connectivity index (χ2v) is 21.8. The van der Waals surface area contributed by atoms with Gasteiger partial charge >= 0.3 is 11.9 Å². The summed E-state index contributed by atoms with van der Waals surface area (Å²) in [6.07, 6.45) is 1.98. The minimum Gasteiger partial charge on any atom is -0.493 e. The maximum absolute atomic E-state index is 14.7. The maximum atomic E-state index is 14.7. The molecule has 4 aromatic carbocycles. The van der Waals surface area contributed by atoms with E-state index in [0.717, 1.165) is 18.4 Å². The van der Waals surface area contributed by atoms with Crippen LogP contribution in [0.4, 0.5) is 0 Å². The van der Waals surface area contributed by atoms with E-state index in [1.807, 2.05) is 31.2 Å². The minimum absolute atomic E-state index is 0.0561. The molecule has 2 fully saturated rings. The summed E-state index contributed by atoms with van der Waals surface area (Å²) < 4.78 is 53.4. The number of esters is 1. The van der Waals surface area contributed by atoms with Gasteiger partial charge in [-0.05, 0) is 144 Å². The molecule has 1 N–H and O–H groups in total. The smallest absolute Gasteiger partial charge is 0.341 e. The molecule has 7 rings (SSSR count). The summed E-state index contributed by atoms with van der Waals surface area (Å²) >= 11 is 0. The molecule has 1 aliphatic heterocycles. The highest BCUT2D eigenvalue weighted by Crippen LogP contribution is 2.44. The lowest BCUT2D eigenvalue weighted by Crippen LogP contribution is -2.52. The molecule has 450 valence electrons. The number of Topliss-reactive ketones (excluding diaryl/α,β-unsaturated/α-hetero) is 1. The SMILES string of the molecule is CC[C@H](C(=O)C1CCCC[C@H]1C(=O)O[C@H](CCc1ccc(OC)c(OC)c1)c1cccc(OCC(=O)NCC(Oc2ccc(-c3nnc(C)nn3)cc2)C(C)(C)OCC(C)(C)C(=O)ON2C(=O)CCC2=O)c1)c1cc(OC)c(OC)c(OC)c1. The van der Waals surface area contributed by atoms with Crippen molar-refractivity contribution >= 4 is 35.4 Å². The van der Waals surface area contributed by atoms with Crippen molar-refractivity contribution in [3.63, 3.8) is 0 Å².